The maximum absolute atomic E-state index is 12.4. The lowest BCUT2D eigenvalue weighted by molar-refractivity contribution is 0.571. The SMILES string of the molecule is Cc1nnc(-c2ccc(-n3nc(Br)c4cnc(N[C@@H]5CC[C@H](P(C)(C)=O)C5)nc43)cc2)s1. The molecule has 0 spiro atoms. The van der Waals surface area contributed by atoms with E-state index in [1.54, 1.807) is 17.5 Å². The number of benzene rings is 1. The van der Waals surface area contributed by atoms with Gasteiger partial charge in [0, 0.05) is 23.5 Å². The molecule has 3 aromatic heterocycles. The predicted octanol–water partition coefficient (Wildman–Crippen LogP) is 5.36. The van der Waals surface area contributed by atoms with Crippen molar-refractivity contribution in [3.05, 3.63) is 40.1 Å². The van der Waals surface area contributed by atoms with E-state index in [-0.39, 0.29) is 11.7 Å². The number of fused-ring (bicyclic) bond motifs is 1. The summed E-state index contributed by atoms with van der Waals surface area (Å²) in [6.07, 6.45) is 4.64. The van der Waals surface area contributed by atoms with E-state index in [0.29, 0.717) is 10.6 Å². The Labute approximate surface area is 198 Å². The Balaban J connectivity index is 1.42. The minimum atomic E-state index is -2.07. The first-order valence-electron chi connectivity index (χ1n) is 10.4. The fourth-order valence-corrected chi connectivity index (χ4v) is 6.78. The molecule has 1 fully saturated rings. The van der Waals surface area contributed by atoms with E-state index in [1.165, 1.54) is 0 Å². The highest BCUT2D eigenvalue weighted by molar-refractivity contribution is 9.10. The second kappa shape index (κ2) is 8.32. The molecule has 1 aromatic carbocycles. The van der Waals surface area contributed by atoms with Crippen LogP contribution in [0.2, 0.25) is 0 Å². The maximum Gasteiger partial charge on any atom is 0.224 e. The fourth-order valence-electron chi connectivity index (χ4n) is 4.11. The van der Waals surface area contributed by atoms with Crippen molar-refractivity contribution in [2.24, 2.45) is 0 Å². The zero-order valence-electron chi connectivity index (χ0n) is 18.0. The minimum Gasteiger partial charge on any atom is -0.351 e. The number of nitrogens with zero attached hydrogens (tertiary/aromatic N) is 6. The van der Waals surface area contributed by atoms with E-state index >= 15 is 0 Å². The van der Waals surface area contributed by atoms with Crippen molar-refractivity contribution in [2.45, 2.75) is 37.9 Å². The van der Waals surface area contributed by atoms with E-state index in [0.717, 1.165) is 51.6 Å². The molecule has 0 aliphatic heterocycles. The number of hydrogen-bond donors (Lipinski definition) is 1. The molecular formula is C21H23BrN7OPS. The van der Waals surface area contributed by atoms with Gasteiger partial charge in [-0.05, 0) is 79.7 Å². The van der Waals surface area contributed by atoms with Gasteiger partial charge < -0.3 is 9.88 Å². The minimum absolute atomic E-state index is 0.236. The molecule has 1 saturated carbocycles. The van der Waals surface area contributed by atoms with Crippen LogP contribution in [0, 0.1) is 6.92 Å². The lowest BCUT2D eigenvalue weighted by Crippen LogP contribution is -2.18. The first-order valence-corrected chi connectivity index (χ1v) is 14.7. The van der Waals surface area contributed by atoms with Crippen LogP contribution in [-0.4, -0.2) is 55.0 Å². The molecule has 0 saturated heterocycles. The summed E-state index contributed by atoms with van der Waals surface area (Å²) in [6, 6.07) is 8.27. The highest BCUT2D eigenvalue weighted by Gasteiger charge is 2.32. The normalized spacial score (nSPS) is 19.0. The third-order valence-corrected chi connectivity index (χ3v) is 9.58. The van der Waals surface area contributed by atoms with Gasteiger partial charge in [-0.25, -0.2) is 9.67 Å². The Morgan fingerprint density at radius 1 is 1.19 bits per heavy atom. The largest absolute Gasteiger partial charge is 0.351 e. The molecule has 1 N–H and O–H groups in total. The molecule has 2 atom stereocenters. The molecule has 4 aromatic rings. The predicted molar refractivity (Wildman–Crippen MR) is 133 cm³/mol. The van der Waals surface area contributed by atoms with Gasteiger partial charge in [-0.1, -0.05) is 11.3 Å². The van der Waals surface area contributed by atoms with Gasteiger partial charge in [0.05, 0.1) is 18.2 Å². The summed E-state index contributed by atoms with van der Waals surface area (Å²) in [4.78, 5) is 9.26. The van der Waals surface area contributed by atoms with Crippen LogP contribution < -0.4 is 5.32 Å². The zero-order chi connectivity index (χ0) is 22.5. The number of aryl methyl sites for hydroxylation is 1. The first kappa shape index (κ1) is 21.7. The molecule has 0 bridgehead atoms. The number of aromatic nitrogens is 6. The van der Waals surface area contributed by atoms with Crippen molar-refractivity contribution in [1.82, 2.24) is 29.9 Å². The fraction of sp³-hybridized carbons (Fsp3) is 0.381. The van der Waals surface area contributed by atoms with Gasteiger partial charge in [0.2, 0.25) is 5.95 Å². The van der Waals surface area contributed by atoms with Gasteiger partial charge in [0.25, 0.3) is 0 Å². The average molecular weight is 532 g/mol. The number of hydrogen-bond acceptors (Lipinski definition) is 8. The lowest BCUT2D eigenvalue weighted by Gasteiger charge is -2.16. The van der Waals surface area contributed by atoms with E-state index < -0.39 is 7.14 Å². The van der Waals surface area contributed by atoms with E-state index in [1.807, 2.05) is 49.2 Å². The number of rotatable bonds is 5. The summed E-state index contributed by atoms with van der Waals surface area (Å²) in [5.41, 5.74) is 2.92. The quantitative estimate of drug-likeness (QED) is 0.346. The topological polar surface area (TPSA) is 98.5 Å². The summed E-state index contributed by atoms with van der Waals surface area (Å²) >= 11 is 5.10. The summed E-state index contributed by atoms with van der Waals surface area (Å²) in [7, 11) is -2.07. The Hall–Kier alpha value is -2.16. The molecule has 0 unspecified atom stereocenters. The Morgan fingerprint density at radius 2 is 1.97 bits per heavy atom. The average Bonchev–Trinajstić information content (AvgIpc) is 3.47. The summed E-state index contributed by atoms with van der Waals surface area (Å²) in [6.45, 7) is 5.72. The van der Waals surface area contributed by atoms with Crippen molar-refractivity contribution in [1.29, 1.82) is 0 Å². The Kier molecular flexibility index (Phi) is 5.63. The van der Waals surface area contributed by atoms with Crippen LogP contribution in [0.4, 0.5) is 5.95 Å². The number of halogens is 1. The van der Waals surface area contributed by atoms with Crippen LogP contribution in [0.5, 0.6) is 0 Å². The lowest BCUT2D eigenvalue weighted by atomic mass is 10.2. The molecule has 11 heteroatoms. The van der Waals surface area contributed by atoms with Gasteiger partial charge in [0.1, 0.15) is 14.6 Å². The standard InChI is InChI=1S/C21H23BrN7OPS/c1-12-26-27-20(32-12)13-4-7-15(8-5-13)29-19-17(18(22)28-29)11-23-21(25-19)24-14-6-9-16(10-14)31(2,3)30/h4-5,7-8,11,14,16H,6,9-10H2,1-3H3,(H,23,24,25)/t14-,16+/m1/s1. The highest BCUT2D eigenvalue weighted by Crippen LogP contribution is 2.50. The van der Waals surface area contributed by atoms with E-state index in [2.05, 4.69) is 41.5 Å². The van der Waals surface area contributed by atoms with Crippen molar-refractivity contribution < 1.29 is 4.57 Å². The smallest absolute Gasteiger partial charge is 0.224 e. The van der Waals surface area contributed by atoms with Gasteiger partial charge >= 0.3 is 0 Å². The van der Waals surface area contributed by atoms with Gasteiger partial charge in [-0.15, -0.1) is 10.2 Å². The molecule has 166 valence electrons. The third kappa shape index (κ3) is 4.23. The van der Waals surface area contributed by atoms with E-state index in [9.17, 15) is 4.57 Å². The van der Waals surface area contributed by atoms with Crippen molar-refractivity contribution >= 4 is 51.4 Å². The summed E-state index contributed by atoms with van der Waals surface area (Å²) in [5.74, 6) is 0.569. The van der Waals surface area contributed by atoms with Gasteiger partial charge in [0.15, 0.2) is 5.65 Å². The Bertz CT molecular complexity index is 1330. The number of anilines is 1. The molecule has 1 aliphatic carbocycles. The van der Waals surface area contributed by atoms with Crippen LogP contribution in [0.1, 0.15) is 24.3 Å². The van der Waals surface area contributed by atoms with Crippen LogP contribution in [0.15, 0.2) is 35.1 Å². The van der Waals surface area contributed by atoms with Gasteiger partial charge in [-0.2, -0.15) is 10.1 Å². The molecule has 0 amide bonds. The Morgan fingerprint density at radius 3 is 2.62 bits per heavy atom. The monoisotopic (exact) mass is 531 g/mol. The summed E-state index contributed by atoms with van der Waals surface area (Å²) < 4.78 is 14.9. The van der Waals surface area contributed by atoms with E-state index in [4.69, 9.17) is 4.98 Å². The van der Waals surface area contributed by atoms with Crippen molar-refractivity contribution in [2.75, 3.05) is 18.6 Å². The molecule has 0 radical (unpaired) electrons. The van der Waals surface area contributed by atoms with Gasteiger partial charge in [-0.3, -0.25) is 0 Å². The maximum atomic E-state index is 12.4. The van der Waals surface area contributed by atoms with Crippen molar-refractivity contribution in [3.63, 3.8) is 0 Å². The summed E-state index contributed by atoms with van der Waals surface area (Å²) in [5, 5.41) is 19.1. The molecule has 5 rings (SSSR count). The third-order valence-electron chi connectivity index (χ3n) is 5.88. The highest BCUT2D eigenvalue weighted by atomic mass is 79.9. The first-order chi connectivity index (χ1) is 15.3. The second-order valence-electron chi connectivity index (χ2n) is 8.55. The van der Waals surface area contributed by atoms with Crippen LogP contribution >= 0.6 is 34.4 Å². The zero-order valence-corrected chi connectivity index (χ0v) is 21.3. The van der Waals surface area contributed by atoms with Crippen LogP contribution in [-0.2, 0) is 4.57 Å². The molecule has 1 aliphatic rings. The van der Waals surface area contributed by atoms with Crippen molar-refractivity contribution in [3.8, 4) is 16.3 Å². The number of nitrogens with one attached hydrogen (secondary N) is 1. The second-order valence-corrected chi connectivity index (χ2v) is 14.1. The molecule has 32 heavy (non-hydrogen) atoms. The molecule has 3 heterocycles. The molecule has 8 nitrogen and oxygen atoms in total. The molecular weight excluding hydrogens is 509 g/mol. The van der Waals surface area contributed by atoms with Crippen LogP contribution in [0.3, 0.4) is 0 Å². The van der Waals surface area contributed by atoms with Crippen LogP contribution in [0.25, 0.3) is 27.3 Å².